The van der Waals surface area contributed by atoms with E-state index in [1.54, 1.807) is 6.07 Å². The third-order valence-electron chi connectivity index (χ3n) is 2.74. The van der Waals surface area contributed by atoms with E-state index in [4.69, 9.17) is 0 Å². The fraction of sp³-hybridized carbons (Fsp3) is 0.455. The van der Waals surface area contributed by atoms with E-state index in [1.807, 2.05) is 6.07 Å². The van der Waals surface area contributed by atoms with Crippen LogP contribution in [0.3, 0.4) is 0 Å². The second-order valence-corrected chi connectivity index (χ2v) is 3.70. The lowest BCUT2D eigenvalue weighted by atomic mass is 10.1. The van der Waals surface area contributed by atoms with Gasteiger partial charge in [0.2, 0.25) is 0 Å². The van der Waals surface area contributed by atoms with Crippen molar-refractivity contribution in [3.05, 3.63) is 24.0 Å². The number of nitrogens with one attached hydrogen (secondary N) is 2. The van der Waals surface area contributed by atoms with E-state index in [-0.39, 0.29) is 5.82 Å². The molecule has 76 valence electrons. The van der Waals surface area contributed by atoms with Crippen LogP contribution in [0.25, 0.3) is 0 Å². The van der Waals surface area contributed by atoms with Gasteiger partial charge in [0.15, 0.2) is 0 Å². The van der Waals surface area contributed by atoms with E-state index >= 15 is 0 Å². The summed E-state index contributed by atoms with van der Waals surface area (Å²) >= 11 is 0. The number of rotatable bonds is 1. The Morgan fingerprint density at radius 3 is 2.93 bits per heavy atom. The molecule has 1 aliphatic heterocycles. The predicted molar refractivity (Wildman–Crippen MR) is 57.2 cm³/mol. The van der Waals surface area contributed by atoms with Crippen molar-refractivity contribution >= 4 is 11.4 Å². The van der Waals surface area contributed by atoms with Gasteiger partial charge in [-0.2, -0.15) is 0 Å². The van der Waals surface area contributed by atoms with Crippen molar-refractivity contribution < 1.29 is 4.39 Å². The molecule has 1 aromatic rings. The maximum atomic E-state index is 13.4. The van der Waals surface area contributed by atoms with Crippen LogP contribution in [0.2, 0.25) is 0 Å². The summed E-state index contributed by atoms with van der Waals surface area (Å²) < 4.78 is 13.4. The van der Waals surface area contributed by atoms with Gasteiger partial charge in [-0.15, -0.1) is 0 Å². The first-order valence-electron chi connectivity index (χ1n) is 5.07. The Kier molecular flexibility index (Phi) is 2.57. The van der Waals surface area contributed by atoms with Gasteiger partial charge < -0.3 is 10.6 Å². The first kappa shape index (κ1) is 9.31. The molecule has 2 rings (SSSR count). The van der Waals surface area contributed by atoms with Crippen LogP contribution >= 0.6 is 0 Å². The van der Waals surface area contributed by atoms with Gasteiger partial charge in [0.25, 0.3) is 0 Å². The molecule has 1 aliphatic rings. The maximum Gasteiger partial charge on any atom is 0.148 e. The van der Waals surface area contributed by atoms with Crippen molar-refractivity contribution in [1.29, 1.82) is 0 Å². The lowest BCUT2D eigenvalue weighted by Gasteiger charge is -2.10. The molecule has 1 aromatic carbocycles. The first-order valence-corrected chi connectivity index (χ1v) is 5.07. The van der Waals surface area contributed by atoms with Gasteiger partial charge in [-0.1, -0.05) is 13.0 Å². The third kappa shape index (κ3) is 1.67. The highest BCUT2D eigenvalue weighted by atomic mass is 19.1. The standard InChI is InChI=1S/C11H15FN2/c1-2-8-6-13-10-5-3-4-9(12)11(10)14-7-8/h3-5,8,13-14H,2,6-7H2,1H3. The van der Waals surface area contributed by atoms with Crippen molar-refractivity contribution in [3.8, 4) is 0 Å². The molecule has 3 heteroatoms. The predicted octanol–water partition coefficient (Wildman–Crippen LogP) is 2.69. The van der Waals surface area contributed by atoms with E-state index in [0.717, 1.165) is 25.2 Å². The molecule has 2 N–H and O–H groups in total. The van der Waals surface area contributed by atoms with Crippen LogP contribution in [-0.2, 0) is 0 Å². The molecule has 0 aliphatic carbocycles. The zero-order valence-corrected chi connectivity index (χ0v) is 8.31. The van der Waals surface area contributed by atoms with Crippen molar-refractivity contribution in [2.45, 2.75) is 13.3 Å². The average molecular weight is 194 g/mol. The monoisotopic (exact) mass is 194 g/mol. The Bertz CT molecular complexity index is 325. The van der Waals surface area contributed by atoms with Gasteiger partial charge >= 0.3 is 0 Å². The Hall–Kier alpha value is -1.25. The average Bonchev–Trinajstić information content (AvgIpc) is 2.41. The number of hydrogen-bond acceptors (Lipinski definition) is 2. The number of anilines is 2. The van der Waals surface area contributed by atoms with Crippen LogP contribution in [0, 0.1) is 11.7 Å². The summed E-state index contributed by atoms with van der Waals surface area (Å²) in [6.07, 6.45) is 1.11. The SMILES string of the molecule is CCC1CNc2cccc(F)c2NC1. The van der Waals surface area contributed by atoms with Gasteiger partial charge in [0, 0.05) is 13.1 Å². The third-order valence-corrected chi connectivity index (χ3v) is 2.74. The quantitative estimate of drug-likeness (QED) is 0.718. The van der Waals surface area contributed by atoms with E-state index in [9.17, 15) is 4.39 Å². The minimum absolute atomic E-state index is 0.174. The fourth-order valence-electron chi connectivity index (χ4n) is 1.71. The normalized spacial score (nSPS) is 20.3. The number of fused-ring (bicyclic) bond motifs is 1. The minimum Gasteiger partial charge on any atom is -0.383 e. The summed E-state index contributed by atoms with van der Waals surface area (Å²) in [6, 6.07) is 5.12. The smallest absolute Gasteiger partial charge is 0.148 e. The second kappa shape index (κ2) is 3.86. The van der Waals surface area contributed by atoms with E-state index in [1.165, 1.54) is 6.07 Å². The molecule has 0 radical (unpaired) electrons. The highest BCUT2D eigenvalue weighted by Crippen LogP contribution is 2.27. The molecule has 0 aromatic heterocycles. The number of halogens is 1. The van der Waals surface area contributed by atoms with Gasteiger partial charge in [0.05, 0.1) is 11.4 Å². The highest BCUT2D eigenvalue weighted by molar-refractivity contribution is 5.70. The zero-order valence-electron chi connectivity index (χ0n) is 8.31. The molecular weight excluding hydrogens is 179 g/mol. The molecule has 0 saturated heterocycles. The number of para-hydroxylation sites is 1. The molecule has 0 amide bonds. The molecule has 14 heavy (non-hydrogen) atoms. The molecule has 0 spiro atoms. The molecule has 1 unspecified atom stereocenters. The van der Waals surface area contributed by atoms with Gasteiger partial charge in [-0.25, -0.2) is 4.39 Å². The molecule has 0 bridgehead atoms. The van der Waals surface area contributed by atoms with Crippen LogP contribution in [0.15, 0.2) is 18.2 Å². The van der Waals surface area contributed by atoms with Crippen molar-refractivity contribution in [1.82, 2.24) is 0 Å². The summed E-state index contributed by atoms with van der Waals surface area (Å²) in [4.78, 5) is 0. The Morgan fingerprint density at radius 2 is 2.14 bits per heavy atom. The number of hydrogen-bond donors (Lipinski definition) is 2. The van der Waals surface area contributed by atoms with E-state index < -0.39 is 0 Å². The topological polar surface area (TPSA) is 24.1 Å². The largest absolute Gasteiger partial charge is 0.383 e. The zero-order chi connectivity index (χ0) is 9.97. The van der Waals surface area contributed by atoms with Crippen molar-refractivity contribution in [2.75, 3.05) is 23.7 Å². The maximum absolute atomic E-state index is 13.4. The second-order valence-electron chi connectivity index (χ2n) is 3.70. The van der Waals surface area contributed by atoms with Crippen LogP contribution in [-0.4, -0.2) is 13.1 Å². The van der Waals surface area contributed by atoms with Crippen molar-refractivity contribution in [2.24, 2.45) is 5.92 Å². The molecular formula is C11H15FN2. The van der Waals surface area contributed by atoms with Gasteiger partial charge in [0.1, 0.15) is 5.82 Å². The summed E-state index contributed by atoms with van der Waals surface area (Å²) in [5.74, 6) is 0.397. The lowest BCUT2D eigenvalue weighted by Crippen LogP contribution is -2.17. The summed E-state index contributed by atoms with van der Waals surface area (Å²) in [6.45, 7) is 3.91. The van der Waals surface area contributed by atoms with E-state index in [2.05, 4.69) is 17.6 Å². The molecule has 0 saturated carbocycles. The molecule has 0 fully saturated rings. The van der Waals surface area contributed by atoms with Crippen LogP contribution in [0.4, 0.5) is 15.8 Å². The van der Waals surface area contributed by atoms with Gasteiger partial charge in [-0.3, -0.25) is 0 Å². The Labute approximate surface area is 83.5 Å². The van der Waals surface area contributed by atoms with Gasteiger partial charge in [-0.05, 0) is 24.5 Å². The summed E-state index contributed by atoms with van der Waals surface area (Å²) in [5.41, 5.74) is 1.49. The lowest BCUT2D eigenvalue weighted by molar-refractivity contribution is 0.568. The number of benzene rings is 1. The van der Waals surface area contributed by atoms with Crippen LogP contribution in [0.1, 0.15) is 13.3 Å². The molecule has 1 atom stereocenters. The molecule has 1 heterocycles. The summed E-state index contributed by atoms with van der Waals surface area (Å²) in [5, 5.41) is 6.42. The van der Waals surface area contributed by atoms with Crippen molar-refractivity contribution in [3.63, 3.8) is 0 Å². The van der Waals surface area contributed by atoms with E-state index in [0.29, 0.717) is 11.6 Å². The highest BCUT2D eigenvalue weighted by Gasteiger charge is 2.15. The fourth-order valence-corrected chi connectivity index (χ4v) is 1.71. The van der Waals surface area contributed by atoms with Crippen LogP contribution < -0.4 is 10.6 Å². The first-order chi connectivity index (χ1) is 6.81. The Morgan fingerprint density at radius 1 is 1.36 bits per heavy atom. The minimum atomic E-state index is -0.174. The molecule has 2 nitrogen and oxygen atoms in total. The Balaban J connectivity index is 2.25. The van der Waals surface area contributed by atoms with Crippen LogP contribution in [0.5, 0.6) is 0 Å². The summed E-state index contributed by atoms with van der Waals surface area (Å²) in [7, 11) is 0.